The van der Waals surface area contributed by atoms with E-state index >= 15 is 0 Å². The number of halogens is 1. The van der Waals surface area contributed by atoms with Gasteiger partial charge in [0.25, 0.3) is 0 Å². The van der Waals surface area contributed by atoms with E-state index in [-0.39, 0.29) is 18.0 Å². The van der Waals surface area contributed by atoms with Crippen LogP contribution >= 0.6 is 0 Å². The second kappa shape index (κ2) is 9.09. The van der Waals surface area contributed by atoms with E-state index in [1.807, 2.05) is 0 Å². The van der Waals surface area contributed by atoms with Crippen LogP contribution in [0.15, 0.2) is 48.8 Å². The Morgan fingerprint density at radius 1 is 1.10 bits per heavy atom. The summed E-state index contributed by atoms with van der Waals surface area (Å²) in [6.45, 7) is 0. The fourth-order valence-corrected chi connectivity index (χ4v) is 2.98. The summed E-state index contributed by atoms with van der Waals surface area (Å²) in [5.74, 6) is 0.657. The molecule has 0 saturated carbocycles. The molecule has 1 aromatic heterocycles. The molecule has 1 amide bonds. The quantitative estimate of drug-likeness (QED) is 0.626. The van der Waals surface area contributed by atoms with E-state index in [4.69, 9.17) is 14.2 Å². The molecule has 0 radical (unpaired) electrons. The number of rotatable bonds is 8. The summed E-state index contributed by atoms with van der Waals surface area (Å²) in [6, 6.07) is 9.84. The first-order valence-electron chi connectivity index (χ1n) is 8.94. The van der Waals surface area contributed by atoms with Gasteiger partial charge in [-0.1, -0.05) is 6.07 Å². The Labute approximate surface area is 168 Å². The number of hydrogen-bond acceptors (Lipinski definition) is 5. The van der Waals surface area contributed by atoms with Crippen molar-refractivity contribution in [1.82, 2.24) is 9.78 Å². The molecule has 0 aliphatic carbocycles. The van der Waals surface area contributed by atoms with Crippen molar-refractivity contribution < 1.29 is 23.4 Å². The molecule has 0 fully saturated rings. The van der Waals surface area contributed by atoms with Gasteiger partial charge in [-0.2, -0.15) is 5.10 Å². The lowest BCUT2D eigenvalue weighted by molar-refractivity contribution is -0.116. The summed E-state index contributed by atoms with van der Waals surface area (Å²) in [5, 5.41) is 6.76. The number of nitrogens with one attached hydrogen (secondary N) is 1. The van der Waals surface area contributed by atoms with Crippen LogP contribution in [-0.2, 0) is 11.2 Å². The molecule has 7 nitrogen and oxygen atoms in total. The maximum atomic E-state index is 14.3. The zero-order chi connectivity index (χ0) is 20.8. The highest BCUT2D eigenvalue weighted by Gasteiger charge is 2.16. The third kappa shape index (κ3) is 4.48. The van der Waals surface area contributed by atoms with Gasteiger partial charge < -0.3 is 19.5 Å². The molecule has 1 heterocycles. The topological polar surface area (TPSA) is 74.6 Å². The van der Waals surface area contributed by atoms with Crippen molar-refractivity contribution in [3.05, 3.63) is 60.2 Å². The predicted molar refractivity (Wildman–Crippen MR) is 107 cm³/mol. The number of hydrogen-bond donors (Lipinski definition) is 1. The van der Waals surface area contributed by atoms with Crippen LogP contribution in [0.2, 0.25) is 0 Å². The molecule has 0 saturated heterocycles. The molecular formula is C21H22FN3O4. The molecule has 1 N–H and O–H groups in total. The lowest BCUT2D eigenvalue weighted by atomic mass is 10.1. The first kappa shape index (κ1) is 20.2. The highest BCUT2D eigenvalue weighted by Crippen LogP contribution is 2.38. The fourth-order valence-electron chi connectivity index (χ4n) is 2.98. The van der Waals surface area contributed by atoms with E-state index < -0.39 is 5.82 Å². The molecule has 0 aliphatic heterocycles. The largest absolute Gasteiger partial charge is 0.493 e. The lowest BCUT2D eigenvalue weighted by Gasteiger charge is -2.14. The number of aryl methyl sites for hydroxylation is 1. The Hall–Kier alpha value is -3.55. The fraction of sp³-hybridized carbons (Fsp3) is 0.238. The average molecular weight is 399 g/mol. The number of amides is 1. The van der Waals surface area contributed by atoms with Crippen LogP contribution in [0.5, 0.6) is 17.2 Å². The van der Waals surface area contributed by atoms with Crippen LogP contribution in [-0.4, -0.2) is 37.0 Å². The Morgan fingerprint density at radius 3 is 2.41 bits per heavy atom. The first-order chi connectivity index (χ1) is 14.1. The molecule has 152 valence electrons. The number of benzene rings is 2. The number of ether oxygens (including phenoxy) is 3. The standard InChI is InChI=1S/C21H22FN3O4/c1-27-17-12-14(13-18(28-2)21(17)29-3)8-9-19(26)24-20-15(22)6-4-7-16(20)25-11-5-10-23-25/h4-7,10-13H,8-9H2,1-3H3,(H,24,26). The Kier molecular flexibility index (Phi) is 6.33. The predicted octanol–water partition coefficient (Wildman–Crippen LogP) is 3.61. The van der Waals surface area contributed by atoms with Crippen molar-refractivity contribution in [2.75, 3.05) is 26.6 Å². The summed E-state index contributed by atoms with van der Waals surface area (Å²) in [5.41, 5.74) is 1.37. The maximum Gasteiger partial charge on any atom is 0.224 e. The van der Waals surface area contributed by atoms with Crippen LogP contribution in [0, 0.1) is 5.82 Å². The van der Waals surface area contributed by atoms with Crippen molar-refractivity contribution in [2.45, 2.75) is 12.8 Å². The number of anilines is 1. The van der Waals surface area contributed by atoms with E-state index in [2.05, 4.69) is 10.4 Å². The highest BCUT2D eigenvalue weighted by molar-refractivity contribution is 5.93. The number of carbonyl (C=O) groups is 1. The summed E-state index contributed by atoms with van der Waals surface area (Å²) in [4.78, 5) is 12.5. The third-order valence-electron chi connectivity index (χ3n) is 4.37. The smallest absolute Gasteiger partial charge is 0.224 e. The van der Waals surface area contributed by atoms with Crippen LogP contribution in [0.1, 0.15) is 12.0 Å². The molecule has 3 rings (SSSR count). The number of aromatic nitrogens is 2. The molecular weight excluding hydrogens is 377 g/mol. The van der Waals surface area contributed by atoms with Crippen molar-refractivity contribution in [3.8, 4) is 22.9 Å². The van der Waals surface area contributed by atoms with Crippen molar-refractivity contribution >= 4 is 11.6 Å². The van der Waals surface area contributed by atoms with Crippen molar-refractivity contribution in [3.63, 3.8) is 0 Å². The number of nitrogens with zero attached hydrogens (tertiary/aromatic N) is 2. The molecule has 0 spiro atoms. The van der Waals surface area contributed by atoms with Crippen molar-refractivity contribution in [1.29, 1.82) is 0 Å². The van der Waals surface area contributed by atoms with Gasteiger partial charge in [0.15, 0.2) is 11.5 Å². The summed E-state index contributed by atoms with van der Waals surface area (Å²) >= 11 is 0. The third-order valence-corrected chi connectivity index (χ3v) is 4.37. The van der Waals surface area contributed by atoms with Gasteiger partial charge in [-0.05, 0) is 42.3 Å². The normalized spacial score (nSPS) is 10.5. The monoisotopic (exact) mass is 399 g/mol. The first-order valence-corrected chi connectivity index (χ1v) is 8.94. The highest BCUT2D eigenvalue weighted by atomic mass is 19.1. The Morgan fingerprint density at radius 2 is 1.83 bits per heavy atom. The SMILES string of the molecule is COc1cc(CCC(=O)Nc2c(F)cccc2-n2cccn2)cc(OC)c1OC. The number of methoxy groups -OCH3 is 3. The van der Waals surface area contributed by atoms with Gasteiger partial charge in [0.2, 0.25) is 11.7 Å². The van der Waals surface area contributed by atoms with E-state index in [0.717, 1.165) is 5.56 Å². The zero-order valence-electron chi connectivity index (χ0n) is 16.4. The number of carbonyl (C=O) groups excluding carboxylic acids is 1. The summed E-state index contributed by atoms with van der Waals surface area (Å²) in [6.07, 6.45) is 3.82. The van der Waals surface area contributed by atoms with E-state index in [0.29, 0.717) is 29.4 Å². The molecule has 0 bridgehead atoms. The van der Waals surface area contributed by atoms with Crippen LogP contribution in [0.25, 0.3) is 5.69 Å². The second-order valence-electron chi connectivity index (χ2n) is 6.17. The molecule has 3 aromatic rings. The van der Waals surface area contributed by atoms with Crippen LogP contribution < -0.4 is 19.5 Å². The Balaban J connectivity index is 1.75. The van der Waals surface area contributed by atoms with Gasteiger partial charge in [0.1, 0.15) is 11.5 Å². The molecule has 2 aromatic carbocycles. The summed E-state index contributed by atoms with van der Waals surface area (Å²) < 4.78 is 31.8. The number of para-hydroxylation sites is 1. The summed E-state index contributed by atoms with van der Waals surface area (Å²) in [7, 11) is 4.59. The van der Waals surface area contributed by atoms with Gasteiger partial charge in [0, 0.05) is 18.8 Å². The minimum atomic E-state index is -0.529. The minimum absolute atomic E-state index is 0.0890. The minimum Gasteiger partial charge on any atom is -0.493 e. The second-order valence-corrected chi connectivity index (χ2v) is 6.17. The van der Waals surface area contributed by atoms with Crippen molar-refractivity contribution in [2.24, 2.45) is 0 Å². The van der Waals surface area contributed by atoms with E-state index in [1.165, 1.54) is 32.1 Å². The average Bonchev–Trinajstić information content (AvgIpc) is 3.27. The van der Waals surface area contributed by atoms with Gasteiger partial charge in [-0.3, -0.25) is 4.79 Å². The van der Waals surface area contributed by atoms with Crippen LogP contribution in [0.4, 0.5) is 10.1 Å². The molecule has 0 atom stereocenters. The van der Waals surface area contributed by atoms with E-state index in [1.54, 1.807) is 42.7 Å². The Bertz CT molecular complexity index is 965. The molecule has 0 aliphatic rings. The molecule has 29 heavy (non-hydrogen) atoms. The van der Waals surface area contributed by atoms with Gasteiger partial charge >= 0.3 is 0 Å². The molecule has 8 heteroatoms. The molecule has 0 unspecified atom stereocenters. The van der Waals surface area contributed by atoms with Gasteiger partial charge in [-0.25, -0.2) is 9.07 Å². The zero-order valence-corrected chi connectivity index (χ0v) is 16.4. The van der Waals surface area contributed by atoms with Gasteiger partial charge in [-0.15, -0.1) is 0 Å². The van der Waals surface area contributed by atoms with Crippen LogP contribution in [0.3, 0.4) is 0 Å². The lowest BCUT2D eigenvalue weighted by Crippen LogP contribution is -2.16. The van der Waals surface area contributed by atoms with Gasteiger partial charge in [0.05, 0.1) is 27.0 Å². The maximum absolute atomic E-state index is 14.3. The van der Waals surface area contributed by atoms with E-state index in [9.17, 15) is 9.18 Å².